The standard InChI is InChI=1S/C52H32O/c1-2-15-35-31-37(28-27-33(35)13-1)50-42-20-7-9-22-44(42)51(45-23-10-8-21-43(45)50)41-19-6-5-18-40(41)46-25-12-26-47-48-32-36(29-30-49(48)53-52(46)47)39-24-11-16-34-14-3-4-17-38(34)39/h1-32H/i1D,2D,5D,6D,7D,8D,9D,10D,12D,13D,15D,18D,19D,20D,21D,22D,23D,25D,26D,27D,28D,29D,30D,31D,32D. The highest BCUT2D eigenvalue weighted by atomic mass is 16.3. The van der Waals surface area contributed by atoms with Gasteiger partial charge in [-0.2, -0.15) is 0 Å². The van der Waals surface area contributed by atoms with Crippen molar-refractivity contribution in [3.63, 3.8) is 0 Å². The van der Waals surface area contributed by atoms with Gasteiger partial charge in [-0.25, -0.2) is 0 Å². The van der Waals surface area contributed by atoms with Gasteiger partial charge in [0, 0.05) is 16.3 Å². The molecule has 10 aromatic carbocycles. The molecule has 0 atom stereocenters. The van der Waals surface area contributed by atoms with Gasteiger partial charge in [0.05, 0.1) is 34.3 Å². The molecule has 0 spiro atoms. The molecule has 0 aliphatic heterocycles. The molecule has 1 heteroatoms. The van der Waals surface area contributed by atoms with Gasteiger partial charge >= 0.3 is 0 Å². The van der Waals surface area contributed by atoms with Gasteiger partial charge in [-0.1, -0.05) is 175 Å². The average Bonchev–Trinajstić information content (AvgIpc) is 3.84. The lowest BCUT2D eigenvalue weighted by Crippen LogP contribution is -1.93. The normalized spacial score (nSPS) is 18.4. The first kappa shape index (κ1) is 14.2. The Kier molecular flexibility index (Phi) is 3.17. The van der Waals surface area contributed by atoms with Gasteiger partial charge in [-0.3, -0.25) is 0 Å². The summed E-state index contributed by atoms with van der Waals surface area (Å²) in [6, 6.07) is -10.1. The van der Waals surface area contributed by atoms with Crippen molar-refractivity contribution >= 4 is 65.0 Å². The highest BCUT2D eigenvalue weighted by Gasteiger charge is 2.21. The number of furan rings is 1. The lowest BCUT2D eigenvalue weighted by Gasteiger charge is -2.20. The highest BCUT2D eigenvalue weighted by molar-refractivity contribution is 6.23. The second kappa shape index (κ2) is 11.8. The second-order valence-corrected chi connectivity index (χ2v) is 12.0. The molecular weight excluding hydrogens is 641 g/mol. The monoisotopic (exact) mass is 697 g/mol. The molecule has 0 bridgehead atoms. The summed E-state index contributed by atoms with van der Waals surface area (Å²) < 4.78 is 237. The van der Waals surface area contributed by atoms with Crippen molar-refractivity contribution in [2.24, 2.45) is 0 Å². The Bertz CT molecular complexity index is 4590. The van der Waals surface area contributed by atoms with Crippen molar-refractivity contribution in [1.82, 2.24) is 0 Å². The molecule has 1 heterocycles. The topological polar surface area (TPSA) is 13.1 Å². The third kappa shape index (κ3) is 4.64. The third-order valence-corrected chi connectivity index (χ3v) is 9.18. The van der Waals surface area contributed by atoms with Gasteiger partial charge < -0.3 is 4.42 Å². The fourth-order valence-corrected chi connectivity index (χ4v) is 6.90. The molecule has 1 nitrogen and oxygen atoms in total. The number of fused-ring (bicyclic) bond motifs is 7. The van der Waals surface area contributed by atoms with E-state index < -0.39 is 233 Å². The minimum absolute atomic E-state index is 0.0750. The van der Waals surface area contributed by atoms with E-state index >= 15 is 0 Å². The van der Waals surface area contributed by atoms with Crippen LogP contribution in [-0.2, 0) is 0 Å². The van der Waals surface area contributed by atoms with Crippen LogP contribution in [0.2, 0.25) is 0 Å². The molecule has 0 saturated heterocycles. The Balaban J connectivity index is 1.41. The van der Waals surface area contributed by atoms with E-state index in [1.807, 2.05) is 0 Å². The highest BCUT2D eigenvalue weighted by Crippen LogP contribution is 2.48. The molecule has 0 aliphatic carbocycles. The van der Waals surface area contributed by atoms with Crippen LogP contribution in [0.5, 0.6) is 0 Å². The summed E-state index contributed by atoms with van der Waals surface area (Å²) >= 11 is 0. The minimum Gasteiger partial charge on any atom is -0.455 e. The van der Waals surface area contributed by atoms with Crippen LogP contribution in [0.4, 0.5) is 0 Å². The van der Waals surface area contributed by atoms with Crippen molar-refractivity contribution in [1.29, 1.82) is 0 Å². The van der Waals surface area contributed by atoms with Crippen LogP contribution in [0.25, 0.3) is 110 Å². The predicted molar refractivity (Wildman–Crippen MR) is 225 cm³/mol. The molecule has 11 aromatic rings. The van der Waals surface area contributed by atoms with E-state index in [0.717, 1.165) is 5.39 Å². The number of hydrogen-bond acceptors (Lipinski definition) is 1. The van der Waals surface area contributed by atoms with Crippen molar-refractivity contribution in [2.45, 2.75) is 0 Å². The third-order valence-electron chi connectivity index (χ3n) is 9.18. The van der Waals surface area contributed by atoms with Gasteiger partial charge in [0.25, 0.3) is 0 Å². The van der Waals surface area contributed by atoms with Crippen molar-refractivity contribution < 1.29 is 38.7 Å². The largest absolute Gasteiger partial charge is 0.455 e. The molecule has 0 amide bonds. The second-order valence-electron chi connectivity index (χ2n) is 12.0. The SMILES string of the molecule is [2H]c1c([2H])c([2H])c(-c2c3c([2H])c([2H])c([2H])c([2H])c3c(-c3c([2H])c([2H])c4c([2H])c([2H])c([2H])c([2H])c4c3[2H])c3c([2H])c([2H])c([2H])c([2H])c23)c(-c2c([2H])c([2H])c([2H])c3c2oc2c([2H])c([2H])c(-c4cccc5ccccc45)c([2H])c23)c1[2H]. The van der Waals surface area contributed by atoms with Crippen molar-refractivity contribution in [3.8, 4) is 44.5 Å². The summed E-state index contributed by atoms with van der Waals surface area (Å²) in [6.45, 7) is 0. The smallest absolute Gasteiger partial charge is 0.143 e. The molecule has 0 radical (unpaired) electrons. The number of para-hydroxylation sites is 1. The van der Waals surface area contributed by atoms with Gasteiger partial charge in [-0.15, -0.1) is 0 Å². The zero-order valence-electron chi connectivity index (χ0n) is 51.9. The van der Waals surface area contributed by atoms with Gasteiger partial charge in [0.2, 0.25) is 0 Å². The van der Waals surface area contributed by atoms with Crippen LogP contribution in [0, 0.1) is 0 Å². The predicted octanol–water partition coefficient (Wildman–Crippen LogP) is 14.9. The first-order valence-corrected chi connectivity index (χ1v) is 16.2. The average molecular weight is 698 g/mol. The molecule has 0 saturated carbocycles. The summed E-state index contributed by atoms with van der Waals surface area (Å²) in [4.78, 5) is 0. The maximum absolute atomic E-state index is 9.71. The van der Waals surface area contributed by atoms with E-state index in [-0.39, 0.29) is 10.9 Å². The zero-order valence-corrected chi connectivity index (χ0v) is 26.9. The van der Waals surface area contributed by atoms with E-state index in [1.54, 1.807) is 42.5 Å². The summed E-state index contributed by atoms with van der Waals surface area (Å²) in [5.74, 6) is 0. The first-order valence-electron chi connectivity index (χ1n) is 28.7. The van der Waals surface area contributed by atoms with Gasteiger partial charge in [-0.05, 0) is 100 Å². The lowest BCUT2D eigenvalue weighted by atomic mass is 9.83. The van der Waals surface area contributed by atoms with Crippen LogP contribution in [0.1, 0.15) is 34.3 Å². The Morgan fingerprint density at radius 3 is 1.77 bits per heavy atom. The quantitative estimate of drug-likeness (QED) is 0.167. The summed E-state index contributed by atoms with van der Waals surface area (Å²) in [7, 11) is 0. The van der Waals surface area contributed by atoms with Gasteiger partial charge in [0.1, 0.15) is 11.2 Å². The zero-order chi connectivity index (χ0) is 56.6. The fourth-order valence-electron chi connectivity index (χ4n) is 6.90. The van der Waals surface area contributed by atoms with Crippen LogP contribution < -0.4 is 0 Å². The summed E-state index contributed by atoms with van der Waals surface area (Å²) in [6.07, 6.45) is 0. The Morgan fingerprint density at radius 1 is 0.340 bits per heavy atom. The molecule has 0 unspecified atom stereocenters. The van der Waals surface area contributed by atoms with E-state index in [0.29, 0.717) is 10.9 Å². The Labute approximate surface area is 342 Å². The Morgan fingerprint density at radius 2 is 0.962 bits per heavy atom. The van der Waals surface area contributed by atoms with Crippen LogP contribution >= 0.6 is 0 Å². The molecule has 0 aliphatic rings. The van der Waals surface area contributed by atoms with Crippen LogP contribution in [0.3, 0.4) is 0 Å². The van der Waals surface area contributed by atoms with E-state index in [1.165, 1.54) is 0 Å². The summed E-state index contributed by atoms with van der Waals surface area (Å²) in [5, 5.41) is -3.57. The maximum atomic E-state index is 9.71. The fraction of sp³-hybridized carbons (Fsp3) is 0. The van der Waals surface area contributed by atoms with Crippen LogP contribution in [0.15, 0.2) is 198 Å². The van der Waals surface area contributed by atoms with Crippen LogP contribution in [-0.4, -0.2) is 0 Å². The van der Waals surface area contributed by atoms with E-state index in [9.17, 15) is 19.2 Å². The van der Waals surface area contributed by atoms with Crippen molar-refractivity contribution in [3.05, 3.63) is 194 Å². The van der Waals surface area contributed by atoms with Crippen molar-refractivity contribution in [2.75, 3.05) is 0 Å². The molecule has 53 heavy (non-hydrogen) atoms. The lowest BCUT2D eigenvalue weighted by molar-refractivity contribution is 0.670. The van der Waals surface area contributed by atoms with E-state index in [2.05, 4.69) is 0 Å². The molecule has 1 aromatic heterocycles. The van der Waals surface area contributed by atoms with Gasteiger partial charge in [0.15, 0.2) is 0 Å². The summed E-state index contributed by atoms with van der Waals surface area (Å²) in [5.41, 5.74) is -5.35. The molecule has 0 fully saturated rings. The first-order chi connectivity index (χ1) is 36.7. The number of rotatable bonds is 4. The molecule has 246 valence electrons. The maximum Gasteiger partial charge on any atom is 0.143 e. The minimum atomic E-state index is -1.04. The molecule has 0 N–H and O–H groups in total. The number of benzene rings is 10. The number of hydrogen-bond donors (Lipinski definition) is 0. The molecule has 11 rings (SSSR count). The van der Waals surface area contributed by atoms with E-state index in [4.69, 9.17) is 19.5 Å². The Hall–Kier alpha value is -6.96. The molecular formula is C52H32O.